The van der Waals surface area contributed by atoms with Gasteiger partial charge in [0.25, 0.3) is 0 Å². The number of ketones is 2. The molecule has 6 heteroatoms. The van der Waals surface area contributed by atoms with Crippen LogP contribution >= 0.6 is 0 Å². The van der Waals surface area contributed by atoms with Gasteiger partial charge in [-0.1, -0.05) is 24.3 Å². The predicted octanol–water partition coefficient (Wildman–Crippen LogP) is 0.555. The molecule has 108 valence electrons. The molecule has 2 N–H and O–H groups in total. The molecule has 0 radical (unpaired) electrons. The van der Waals surface area contributed by atoms with Crippen LogP contribution in [0.4, 0.5) is 0 Å². The van der Waals surface area contributed by atoms with Crippen molar-refractivity contribution in [1.82, 2.24) is 0 Å². The molecule has 3 rings (SSSR count). The molecule has 2 aliphatic rings. The molecule has 2 aliphatic carbocycles. The molecular formula is C16H10N2O4. The van der Waals surface area contributed by atoms with Crippen LogP contribution in [-0.2, 0) is 9.59 Å². The summed E-state index contributed by atoms with van der Waals surface area (Å²) in [5, 5.41) is 12.5. The third kappa shape index (κ3) is 3.77. The molecule has 0 aromatic heterocycles. The molecule has 0 saturated carbocycles. The summed E-state index contributed by atoms with van der Waals surface area (Å²) in [6, 6.07) is 3.57. The maximum absolute atomic E-state index is 11.6. The van der Waals surface area contributed by atoms with Gasteiger partial charge in [0.2, 0.25) is 12.2 Å². The summed E-state index contributed by atoms with van der Waals surface area (Å²) in [6.07, 6.45) is 11.7. The zero-order valence-corrected chi connectivity index (χ0v) is 11.3. The average Bonchev–Trinajstić information content (AvgIpc) is 2.49. The number of isocyanates is 2. The summed E-state index contributed by atoms with van der Waals surface area (Å²) in [6.45, 7) is 0. The molecule has 0 saturated heterocycles. The summed E-state index contributed by atoms with van der Waals surface area (Å²) < 4.78 is 0. The number of fused-ring (bicyclic) bond motifs is 2. The van der Waals surface area contributed by atoms with Gasteiger partial charge in [0.05, 0.1) is 0 Å². The van der Waals surface area contributed by atoms with Gasteiger partial charge in [-0.2, -0.15) is 0 Å². The van der Waals surface area contributed by atoms with E-state index in [9.17, 15) is 9.59 Å². The molecule has 0 aliphatic heterocycles. The van der Waals surface area contributed by atoms with Crippen LogP contribution in [0, 0.1) is 10.8 Å². The van der Waals surface area contributed by atoms with Crippen LogP contribution in [0.25, 0.3) is 12.2 Å². The van der Waals surface area contributed by atoms with Crippen LogP contribution in [0.15, 0.2) is 36.4 Å². The lowest BCUT2D eigenvalue weighted by Gasteiger charge is -2.07. The van der Waals surface area contributed by atoms with Gasteiger partial charge in [0.15, 0.2) is 11.6 Å². The summed E-state index contributed by atoms with van der Waals surface area (Å²) in [5.41, 5.74) is 1.33. The molecule has 0 unspecified atom stereocenters. The molecule has 1 aromatic carbocycles. The van der Waals surface area contributed by atoms with E-state index >= 15 is 0 Å². The minimum Gasteiger partial charge on any atom is -0.289 e. The number of hydrogen-bond acceptors (Lipinski definition) is 6. The Morgan fingerprint density at radius 3 is 1.36 bits per heavy atom. The van der Waals surface area contributed by atoms with Crippen LogP contribution in [0.2, 0.25) is 0 Å². The Labute approximate surface area is 124 Å². The summed E-state index contributed by atoms with van der Waals surface area (Å²) >= 11 is 0. The molecule has 0 spiro atoms. The molecule has 22 heavy (non-hydrogen) atoms. The maximum atomic E-state index is 11.6. The fourth-order valence-corrected chi connectivity index (χ4v) is 1.99. The second-order valence-electron chi connectivity index (χ2n) is 4.01. The van der Waals surface area contributed by atoms with Crippen molar-refractivity contribution < 1.29 is 19.2 Å². The first-order valence-electron chi connectivity index (χ1n) is 5.96. The van der Waals surface area contributed by atoms with Crippen molar-refractivity contribution >= 4 is 35.9 Å². The quantitative estimate of drug-likeness (QED) is 0.537. The lowest BCUT2D eigenvalue weighted by atomic mass is 9.95. The smallest absolute Gasteiger partial charge is 0.231 e. The van der Waals surface area contributed by atoms with E-state index in [-0.39, 0.29) is 11.6 Å². The van der Waals surface area contributed by atoms with Crippen molar-refractivity contribution in [2.45, 2.75) is 0 Å². The van der Waals surface area contributed by atoms with E-state index in [4.69, 9.17) is 20.4 Å². The first-order valence-corrected chi connectivity index (χ1v) is 5.96. The molecule has 0 fully saturated rings. The summed E-state index contributed by atoms with van der Waals surface area (Å²) in [4.78, 5) is 40.0. The Balaban J connectivity index is 0.000000353. The Kier molecular flexibility index (Phi) is 6.01. The average molecular weight is 294 g/mol. The number of rotatable bonds is 0. The lowest BCUT2D eigenvalue weighted by Crippen LogP contribution is -2.26. The highest BCUT2D eigenvalue weighted by Gasteiger charge is 2.13. The van der Waals surface area contributed by atoms with E-state index in [0.717, 1.165) is 22.6 Å². The fourth-order valence-electron chi connectivity index (χ4n) is 1.99. The number of nitrogens with one attached hydrogen (secondary N) is 2. The van der Waals surface area contributed by atoms with Gasteiger partial charge in [0, 0.05) is 11.1 Å². The second kappa shape index (κ2) is 7.97. The number of benzene rings is 1. The zero-order chi connectivity index (χ0) is 16.5. The molecule has 0 amide bonds. The SMILES string of the molecule is N=C=O.N=C=O.O=C1C=CC=c2cc3c(cc21)=CC=CC3=O. The predicted molar refractivity (Wildman–Crippen MR) is 78.4 cm³/mol. The van der Waals surface area contributed by atoms with Gasteiger partial charge < -0.3 is 0 Å². The van der Waals surface area contributed by atoms with E-state index < -0.39 is 0 Å². The van der Waals surface area contributed by atoms with Crippen molar-refractivity contribution in [2.24, 2.45) is 0 Å². The maximum Gasteiger partial charge on any atom is 0.231 e. The molecule has 0 heterocycles. The molecule has 1 aromatic rings. The minimum atomic E-state index is -0.00398. The van der Waals surface area contributed by atoms with E-state index in [2.05, 4.69) is 0 Å². The Morgan fingerprint density at radius 2 is 1.05 bits per heavy atom. The first-order chi connectivity index (χ1) is 10.6. The summed E-state index contributed by atoms with van der Waals surface area (Å²) in [7, 11) is 0. The number of hydrogen-bond donors (Lipinski definition) is 2. The van der Waals surface area contributed by atoms with Crippen molar-refractivity contribution in [1.29, 1.82) is 10.8 Å². The fraction of sp³-hybridized carbons (Fsp3) is 0. The third-order valence-electron chi connectivity index (χ3n) is 2.80. The normalized spacial score (nSPS) is 12.5. The van der Waals surface area contributed by atoms with Gasteiger partial charge in [-0.05, 0) is 34.7 Å². The lowest BCUT2D eigenvalue weighted by molar-refractivity contribution is 0.103. The Morgan fingerprint density at radius 1 is 0.727 bits per heavy atom. The van der Waals surface area contributed by atoms with Crippen molar-refractivity contribution in [3.63, 3.8) is 0 Å². The minimum absolute atomic E-state index is 0.00398. The highest BCUT2D eigenvalue weighted by atomic mass is 16.1. The van der Waals surface area contributed by atoms with E-state index in [1.807, 2.05) is 12.2 Å². The molecule has 0 bridgehead atoms. The van der Waals surface area contributed by atoms with Crippen LogP contribution in [0.1, 0.15) is 20.7 Å². The van der Waals surface area contributed by atoms with Crippen LogP contribution in [0.5, 0.6) is 0 Å². The highest BCUT2D eigenvalue weighted by Crippen LogP contribution is 2.04. The van der Waals surface area contributed by atoms with Crippen molar-refractivity contribution in [3.8, 4) is 0 Å². The van der Waals surface area contributed by atoms with Crippen molar-refractivity contribution in [2.75, 3.05) is 0 Å². The molecule has 6 nitrogen and oxygen atoms in total. The topological polar surface area (TPSA) is 116 Å². The van der Waals surface area contributed by atoms with Gasteiger partial charge in [-0.3, -0.25) is 9.59 Å². The second-order valence-corrected chi connectivity index (χ2v) is 4.01. The van der Waals surface area contributed by atoms with Gasteiger partial charge in [0.1, 0.15) is 0 Å². The van der Waals surface area contributed by atoms with Crippen LogP contribution < -0.4 is 10.4 Å². The van der Waals surface area contributed by atoms with Crippen LogP contribution in [-0.4, -0.2) is 23.7 Å². The van der Waals surface area contributed by atoms with Crippen LogP contribution in [0.3, 0.4) is 0 Å². The molecule has 0 atom stereocenters. The van der Waals surface area contributed by atoms with E-state index in [1.54, 1.807) is 24.3 Å². The number of carbonyl (C=O) groups excluding carboxylic acids is 4. The monoisotopic (exact) mass is 294 g/mol. The van der Waals surface area contributed by atoms with Crippen molar-refractivity contribution in [3.05, 3.63) is 58.0 Å². The Hall–Kier alpha value is -3.46. The van der Waals surface area contributed by atoms with Gasteiger partial charge in [-0.25, -0.2) is 20.4 Å². The van der Waals surface area contributed by atoms with E-state index in [1.165, 1.54) is 12.2 Å². The summed E-state index contributed by atoms with van der Waals surface area (Å²) in [5.74, 6) is -0.00796. The zero-order valence-electron chi connectivity index (χ0n) is 11.3. The first kappa shape index (κ1) is 16.6. The van der Waals surface area contributed by atoms with Gasteiger partial charge in [-0.15, -0.1) is 0 Å². The number of carbonyl (C=O) groups is 2. The standard InChI is InChI=1S/C14H8O2.2CHNO/c15-13-5-1-3-9-7-12-10(8-11(9)13)4-2-6-14(12)16;2*2-1-3/h1-8H;2*2H. The molecular weight excluding hydrogens is 284 g/mol. The van der Waals surface area contributed by atoms with E-state index in [0.29, 0.717) is 11.1 Å². The number of allylic oxidation sites excluding steroid dienone is 4. The van der Waals surface area contributed by atoms with Gasteiger partial charge >= 0.3 is 0 Å². The Bertz CT molecular complexity index is 790. The highest BCUT2D eigenvalue weighted by molar-refractivity contribution is 6.10. The largest absolute Gasteiger partial charge is 0.289 e. The third-order valence-corrected chi connectivity index (χ3v) is 2.80.